The van der Waals surface area contributed by atoms with Gasteiger partial charge in [0.2, 0.25) is 0 Å². The molecule has 1 aromatic carbocycles. The Balaban J connectivity index is 1.66. The molecule has 1 aliphatic heterocycles. The van der Waals surface area contributed by atoms with Crippen LogP contribution in [0.2, 0.25) is 0 Å². The number of nitrogens with two attached hydrogens (primary N) is 1. The molecule has 5 heteroatoms. The Morgan fingerprint density at radius 3 is 2.74 bits per heavy atom. The highest BCUT2D eigenvalue weighted by Crippen LogP contribution is 2.29. The number of fused-ring (bicyclic) bond motifs is 1. The molecule has 5 nitrogen and oxygen atoms in total. The summed E-state index contributed by atoms with van der Waals surface area (Å²) < 4.78 is 5.47. The van der Waals surface area contributed by atoms with Gasteiger partial charge >= 0.3 is 0 Å². The van der Waals surface area contributed by atoms with Gasteiger partial charge in [0.15, 0.2) is 0 Å². The van der Waals surface area contributed by atoms with E-state index in [-0.39, 0.29) is 11.8 Å². The van der Waals surface area contributed by atoms with E-state index in [0.717, 1.165) is 6.61 Å². The van der Waals surface area contributed by atoms with Crippen LogP contribution in [0.5, 0.6) is 0 Å². The summed E-state index contributed by atoms with van der Waals surface area (Å²) in [7, 11) is 0. The van der Waals surface area contributed by atoms with Crippen LogP contribution in [0.25, 0.3) is 0 Å². The van der Waals surface area contributed by atoms with Crippen LogP contribution in [0.1, 0.15) is 33.6 Å². The number of benzene rings is 1. The minimum Gasteiger partial charge on any atom is -0.398 e. The molecule has 1 saturated carbocycles. The molecule has 2 amide bonds. The van der Waals surface area contributed by atoms with Gasteiger partial charge in [0, 0.05) is 12.3 Å². The van der Waals surface area contributed by atoms with Crippen LogP contribution in [-0.2, 0) is 4.74 Å². The third-order valence-electron chi connectivity index (χ3n) is 3.54. The third-order valence-corrected chi connectivity index (χ3v) is 3.54. The number of carbonyl (C=O) groups excluding carboxylic acids is 2. The van der Waals surface area contributed by atoms with Gasteiger partial charge in [0.25, 0.3) is 11.8 Å². The maximum Gasteiger partial charge on any atom is 0.263 e. The number of nitrogen functional groups attached to an aromatic ring is 1. The summed E-state index contributed by atoms with van der Waals surface area (Å²) in [6.07, 6.45) is 2.45. The summed E-state index contributed by atoms with van der Waals surface area (Å²) >= 11 is 0. The Hall–Kier alpha value is -1.88. The summed E-state index contributed by atoms with van der Waals surface area (Å²) in [4.78, 5) is 25.4. The van der Waals surface area contributed by atoms with E-state index in [2.05, 4.69) is 0 Å². The number of imide groups is 1. The Morgan fingerprint density at radius 2 is 2.05 bits per heavy atom. The van der Waals surface area contributed by atoms with Gasteiger partial charge in [-0.1, -0.05) is 6.07 Å². The lowest BCUT2D eigenvalue weighted by Gasteiger charge is -2.13. The van der Waals surface area contributed by atoms with Crippen molar-refractivity contribution in [1.29, 1.82) is 0 Å². The summed E-state index contributed by atoms with van der Waals surface area (Å²) in [5.74, 6) is 0.0910. The fourth-order valence-corrected chi connectivity index (χ4v) is 2.25. The maximum absolute atomic E-state index is 12.1. The van der Waals surface area contributed by atoms with Gasteiger partial charge in [-0.2, -0.15) is 0 Å². The molecule has 1 heterocycles. The topological polar surface area (TPSA) is 72.6 Å². The van der Waals surface area contributed by atoms with E-state index in [1.807, 2.05) is 0 Å². The average molecular weight is 260 g/mol. The van der Waals surface area contributed by atoms with E-state index in [9.17, 15) is 9.59 Å². The van der Waals surface area contributed by atoms with Gasteiger partial charge in [0.05, 0.1) is 24.3 Å². The highest BCUT2D eigenvalue weighted by atomic mass is 16.5. The molecule has 0 saturated heterocycles. The largest absolute Gasteiger partial charge is 0.398 e. The lowest BCUT2D eigenvalue weighted by molar-refractivity contribution is 0.0553. The standard InChI is InChI=1S/C14H16N2O3/c15-11-3-1-2-10-12(11)14(18)16(13(10)17)6-7-19-8-9-4-5-9/h1-3,9H,4-8,15H2. The molecule has 0 bridgehead atoms. The predicted octanol–water partition coefficient (Wildman–Crippen LogP) is 1.29. The lowest BCUT2D eigenvalue weighted by atomic mass is 10.1. The summed E-state index contributed by atoms with van der Waals surface area (Å²) in [5, 5.41) is 0. The minimum atomic E-state index is -0.312. The molecule has 0 radical (unpaired) electrons. The Kier molecular flexibility index (Phi) is 2.98. The Morgan fingerprint density at radius 1 is 1.26 bits per heavy atom. The van der Waals surface area contributed by atoms with E-state index in [1.165, 1.54) is 17.7 Å². The molecular weight excluding hydrogens is 244 g/mol. The van der Waals surface area contributed by atoms with Crippen molar-refractivity contribution < 1.29 is 14.3 Å². The van der Waals surface area contributed by atoms with Crippen molar-refractivity contribution in [2.45, 2.75) is 12.8 Å². The van der Waals surface area contributed by atoms with Crippen molar-refractivity contribution in [3.63, 3.8) is 0 Å². The average Bonchev–Trinajstić information content (AvgIpc) is 3.17. The van der Waals surface area contributed by atoms with E-state index < -0.39 is 0 Å². The molecule has 2 aliphatic rings. The number of rotatable bonds is 5. The Labute approximate surface area is 111 Å². The third kappa shape index (κ3) is 2.21. The van der Waals surface area contributed by atoms with Crippen molar-refractivity contribution in [2.24, 2.45) is 5.92 Å². The second-order valence-corrected chi connectivity index (χ2v) is 5.05. The van der Waals surface area contributed by atoms with Crippen LogP contribution < -0.4 is 5.73 Å². The van der Waals surface area contributed by atoms with Crippen LogP contribution >= 0.6 is 0 Å². The number of anilines is 1. The van der Waals surface area contributed by atoms with Crippen molar-refractivity contribution in [3.05, 3.63) is 29.3 Å². The monoisotopic (exact) mass is 260 g/mol. The molecular formula is C14H16N2O3. The van der Waals surface area contributed by atoms with Gasteiger partial charge in [-0.05, 0) is 30.9 Å². The van der Waals surface area contributed by atoms with Gasteiger partial charge in [0.1, 0.15) is 0 Å². The number of nitrogens with zero attached hydrogens (tertiary/aromatic N) is 1. The van der Waals surface area contributed by atoms with Crippen molar-refractivity contribution in [1.82, 2.24) is 4.90 Å². The van der Waals surface area contributed by atoms with Crippen LogP contribution in [-0.4, -0.2) is 36.5 Å². The molecule has 2 N–H and O–H groups in total. The fraction of sp³-hybridized carbons (Fsp3) is 0.429. The van der Waals surface area contributed by atoms with Gasteiger partial charge in [-0.15, -0.1) is 0 Å². The first-order chi connectivity index (χ1) is 9.18. The zero-order chi connectivity index (χ0) is 13.4. The van der Waals surface area contributed by atoms with E-state index in [1.54, 1.807) is 18.2 Å². The molecule has 0 atom stereocenters. The molecule has 19 heavy (non-hydrogen) atoms. The molecule has 1 aliphatic carbocycles. The number of hydrogen-bond donors (Lipinski definition) is 1. The van der Waals surface area contributed by atoms with Crippen LogP contribution in [0.4, 0.5) is 5.69 Å². The first-order valence-electron chi connectivity index (χ1n) is 6.51. The number of amides is 2. The summed E-state index contributed by atoms with van der Waals surface area (Å²) in [5.41, 5.74) is 6.84. The van der Waals surface area contributed by atoms with Gasteiger partial charge in [-0.25, -0.2) is 0 Å². The van der Waals surface area contributed by atoms with Crippen molar-refractivity contribution >= 4 is 17.5 Å². The van der Waals surface area contributed by atoms with Crippen LogP contribution in [0.3, 0.4) is 0 Å². The first-order valence-corrected chi connectivity index (χ1v) is 6.51. The lowest BCUT2D eigenvalue weighted by Crippen LogP contribution is -2.33. The molecule has 1 aromatic rings. The van der Waals surface area contributed by atoms with Crippen molar-refractivity contribution in [2.75, 3.05) is 25.5 Å². The predicted molar refractivity (Wildman–Crippen MR) is 69.8 cm³/mol. The zero-order valence-corrected chi connectivity index (χ0v) is 10.6. The zero-order valence-electron chi connectivity index (χ0n) is 10.6. The smallest absolute Gasteiger partial charge is 0.263 e. The normalized spacial score (nSPS) is 18.0. The van der Waals surface area contributed by atoms with E-state index in [4.69, 9.17) is 10.5 Å². The van der Waals surface area contributed by atoms with Crippen LogP contribution in [0, 0.1) is 5.92 Å². The second kappa shape index (κ2) is 4.66. The number of ether oxygens (including phenoxy) is 1. The summed E-state index contributed by atoms with van der Waals surface area (Å²) in [6, 6.07) is 4.96. The highest BCUT2D eigenvalue weighted by molar-refractivity contribution is 6.23. The molecule has 0 spiro atoms. The van der Waals surface area contributed by atoms with Gasteiger partial charge < -0.3 is 10.5 Å². The fourth-order valence-electron chi connectivity index (χ4n) is 2.25. The number of carbonyl (C=O) groups is 2. The highest BCUT2D eigenvalue weighted by Gasteiger charge is 2.36. The molecule has 100 valence electrons. The number of hydrogen-bond acceptors (Lipinski definition) is 4. The van der Waals surface area contributed by atoms with Crippen LogP contribution in [0.15, 0.2) is 18.2 Å². The summed E-state index contributed by atoms with van der Waals surface area (Å²) in [6.45, 7) is 1.41. The minimum absolute atomic E-state index is 0.276. The van der Waals surface area contributed by atoms with Gasteiger partial charge in [-0.3, -0.25) is 14.5 Å². The molecule has 1 fully saturated rings. The first kappa shape index (κ1) is 12.2. The molecule has 3 rings (SSSR count). The molecule has 0 unspecified atom stereocenters. The quantitative estimate of drug-likeness (QED) is 0.492. The Bertz CT molecular complexity index is 537. The van der Waals surface area contributed by atoms with E-state index >= 15 is 0 Å². The van der Waals surface area contributed by atoms with E-state index in [0.29, 0.717) is 35.9 Å². The SMILES string of the molecule is Nc1cccc2c1C(=O)N(CCOCC1CC1)C2=O. The van der Waals surface area contributed by atoms with Crippen molar-refractivity contribution in [3.8, 4) is 0 Å². The molecule has 0 aromatic heterocycles. The second-order valence-electron chi connectivity index (χ2n) is 5.05. The maximum atomic E-state index is 12.1.